The maximum Gasteiger partial charge on any atom is 0.136 e. The van der Waals surface area contributed by atoms with Crippen molar-refractivity contribution in [2.75, 3.05) is 4.90 Å². The van der Waals surface area contributed by atoms with Gasteiger partial charge in [0.15, 0.2) is 0 Å². The third-order valence-corrected chi connectivity index (χ3v) is 11.0. The summed E-state index contributed by atoms with van der Waals surface area (Å²) in [6, 6.07) is 74.0. The first-order valence-corrected chi connectivity index (χ1v) is 18.8. The van der Waals surface area contributed by atoms with Crippen molar-refractivity contribution in [1.82, 2.24) is 4.57 Å². The Morgan fingerprint density at radius 1 is 0.382 bits per heavy atom. The first-order valence-electron chi connectivity index (χ1n) is 18.8. The smallest absolute Gasteiger partial charge is 0.136 e. The lowest BCUT2D eigenvalue weighted by Gasteiger charge is -2.29. The van der Waals surface area contributed by atoms with Crippen molar-refractivity contribution in [3.63, 3.8) is 0 Å². The molecule has 0 bridgehead atoms. The van der Waals surface area contributed by atoms with Crippen molar-refractivity contribution in [2.45, 2.75) is 0 Å². The molecule has 0 aliphatic heterocycles. The minimum absolute atomic E-state index is 0.914. The van der Waals surface area contributed by atoms with E-state index in [1.165, 1.54) is 43.8 Å². The molecular formula is C52H34N2O. The highest BCUT2D eigenvalue weighted by molar-refractivity contribution is 6.20. The van der Waals surface area contributed by atoms with Crippen LogP contribution in [0, 0.1) is 0 Å². The van der Waals surface area contributed by atoms with E-state index in [0.29, 0.717) is 0 Å². The Balaban J connectivity index is 1.12. The molecule has 0 aliphatic carbocycles. The Morgan fingerprint density at radius 3 is 1.89 bits per heavy atom. The van der Waals surface area contributed by atoms with Crippen LogP contribution in [-0.2, 0) is 0 Å². The van der Waals surface area contributed by atoms with Crippen LogP contribution in [0.15, 0.2) is 211 Å². The van der Waals surface area contributed by atoms with Crippen LogP contribution >= 0.6 is 0 Å². The van der Waals surface area contributed by atoms with E-state index in [9.17, 15) is 0 Å². The van der Waals surface area contributed by atoms with Crippen LogP contribution in [0.4, 0.5) is 17.1 Å². The Labute approximate surface area is 318 Å². The molecule has 3 heteroatoms. The molecule has 0 spiro atoms. The quantitative estimate of drug-likeness (QED) is 0.172. The Hall–Kier alpha value is -7.36. The molecule has 11 aromatic rings. The van der Waals surface area contributed by atoms with Gasteiger partial charge in [-0.15, -0.1) is 0 Å². The fourth-order valence-electron chi connectivity index (χ4n) is 8.51. The van der Waals surface area contributed by atoms with E-state index in [2.05, 4.69) is 204 Å². The lowest BCUT2D eigenvalue weighted by molar-refractivity contribution is 0.669. The number of hydrogen-bond donors (Lipinski definition) is 0. The number of aromatic nitrogens is 1. The van der Waals surface area contributed by atoms with E-state index in [1.807, 2.05) is 12.1 Å². The Bertz CT molecular complexity index is 3190. The maximum atomic E-state index is 6.25. The van der Waals surface area contributed by atoms with Gasteiger partial charge in [0.2, 0.25) is 0 Å². The summed E-state index contributed by atoms with van der Waals surface area (Å²) in [4.78, 5) is 2.44. The highest BCUT2D eigenvalue weighted by Gasteiger charge is 2.23. The van der Waals surface area contributed by atoms with E-state index in [4.69, 9.17) is 4.42 Å². The zero-order valence-electron chi connectivity index (χ0n) is 29.9. The predicted molar refractivity (Wildman–Crippen MR) is 231 cm³/mol. The number of hydrogen-bond acceptors (Lipinski definition) is 2. The molecule has 0 radical (unpaired) electrons. The van der Waals surface area contributed by atoms with Gasteiger partial charge in [0.1, 0.15) is 11.2 Å². The van der Waals surface area contributed by atoms with E-state index in [1.54, 1.807) is 0 Å². The van der Waals surface area contributed by atoms with Crippen molar-refractivity contribution in [1.29, 1.82) is 0 Å². The van der Waals surface area contributed by atoms with Gasteiger partial charge in [0, 0.05) is 38.5 Å². The van der Waals surface area contributed by atoms with Gasteiger partial charge in [-0.05, 0) is 94.2 Å². The normalized spacial score (nSPS) is 11.6. The molecular weight excluding hydrogens is 669 g/mol. The lowest BCUT2D eigenvalue weighted by Crippen LogP contribution is -2.11. The average molecular weight is 703 g/mol. The molecule has 258 valence electrons. The zero-order valence-corrected chi connectivity index (χ0v) is 29.9. The van der Waals surface area contributed by atoms with Crippen molar-refractivity contribution < 1.29 is 4.42 Å². The van der Waals surface area contributed by atoms with Crippen LogP contribution in [0.25, 0.3) is 82.5 Å². The molecule has 9 aromatic carbocycles. The van der Waals surface area contributed by atoms with E-state index in [-0.39, 0.29) is 0 Å². The van der Waals surface area contributed by atoms with Crippen LogP contribution in [0.3, 0.4) is 0 Å². The van der Waals surface area contributed by atoms with Crippen LogP contribution < -0.4 is 4.90 Å². The molecule has 0 N–H and O–H groups in total. The summed E-state index contributed by atoms with van der Waals surface area (Å²) in [5.74, 6) is 0. The summed E-state index contributed by atoms with van der Waals surface area (Å²) < 4.78 is 8.64. The molecule has 0 unspecified atom stereocenters. The molecule has 0 saturated carbocycles. The largest absolute Gasteiger partial charge is 0.456 e. The minimum Gasteiger partial charge on any atom is -0.456 e. The molecule has 0 aliphatic rings. The average Bonchev–Trinajstić information content (AvgIpc) is 3.81. The third kappa shape index (κ3) is 5.05. The van der Waals surface area contributed by atoms with Gasteiger partial charge >= 0.3 is 0 Å². The van der Waals surface area contributed by atoms with Crippen molar-refractivity contribution in [3.8, 4) is 27.9 Å². The second kappa shape index (κ2) is 12.6. The van der Waals surface area contributed by atoms with Gasteiger partial charge in [-0.2, -0.15) is 0 Å². The van der Waals surface area contributed by atoms with Crippen LogP contribution in [0.1, 0.15) is 0 Å². The molecule has 0 atom stereocenters. The number of anilines is 3. The van der Waals surface area contributed by atoms with Crippen LogP contribution in [0.5, 0.6) is 0 Å². The topological polar surface area (TPSA) is 21.3 Å². The summed E-state index contributed by atoms with van der Waals surface area (Å²) in [5.41, 5.74) is 13.3. The monoisotopic (exact) mass is 702 g/mol. The first kappa shape index (κ1) is 31.2. The first-order chi connectivity index (χ1) is 27.3. The van der Waals surface area contributed by atoms with Crippen molar-refractivity contribution in [2.24, 2.45) is 0 Å². The van der Waals surface area contributed by atoms with E-state index in [0.717, 1.165) is 55.8 Å². The lowest BCUT2D eigenvalue weighted by atomic mass is 9.97. The second-order valence-corrected chi connectivity index (χ2v) is 14.1. The molecule has 0 amide bonds. The van der Waals surface area contributed by atoms with Crippen molar-refractivity contribution in [3.05, 3.63) is 206 Å². The zero-order chi connectivity index (χ0) is 36.3. The highest BCUT2D eigenvalue weighted by atomic mass is 16.3. The summed E-state index contributed by atoms with van der Waals surface area (Å²) in [7, 11) is 0. The summed E-state index contributed by atoms with van der Waals surface area (Å²) in [6.45, 7) is 0. The molecule has 3 nitrogen and oxygen atoms in total. The fourth-order valence-corrected chi connectivity index (χ4v) is 8.51. The summed E-state index contributed by atoms with van der Waals surface area (Å²) in [5, 5.41) is 7.13. The Morgan fingerprint density at radius 2 is 1.04 bits per heavy atom. The third-order valence-electron chi connectivity index (χ3n) is 11.0. The highest BCUT2D eigenvalue weighted by Crippen LogP contribution is 2.47. The summed E-state index contributed by atoms with van der Waals surface area (Å²) in [6.07, 6.45) is 0. The van der Waals surface area contributed by atoms with Gasteiger partial charge in [-0.3, -0.25) is 0 Å². The van der Waals surface area contributed by atoms with Gasteiger partial charge in [0.05, 0.1) is 22.4 Å². The number of benzene rings is 9. The molecule has 0 saturated heterocycles. The van der Waals surface area contributed by atoms with Gasteiger partial charge in [-0.1, -0.05) is 140 Å². The maximum absolute atomic E-state index is 6.25. The van der Waals surface area contributed by atoms with Crippen LogP contribution in [-0.4, -0.2) is 4.57 Å². The van der Waals surface area contributed by atoms with Gasteiger partial charge < -0.3 is 13.9 Å². The SMILES string of the molecule is c1ccc(-c2ccccc2N(c2ccc(-c3ccc4ccc5oc6ccccc6c5c4c3)cc2)c2cccc3c2c2ccccc2n3-c2ccccc2)cc1. The number of para-hydroxylation sites is 4. The van der Waals surface area contributed by atoms with Crippen molar-refractivity contribution >= 4 is 71.6 Å². The van der Waals surface area contributed by atoms with Crippen LogP contribution in [0.2, 0.25) is 0 Å². The van der Waals surface area contributed by atoms with E-state index < -0.39 is 0 Å². The number of fused-ring (bicyclic) bond motifs is 8. The Kier molecular flexibility index (Phi) is 7.17. The molecule has 11 rings (SSSR count). The second-order valence-electron chi connectivity index (χ2n) is 14.1. The molecule has 0 fully saturated rings. The van der Waals surface area contributed by atoms with Gasteiger partial charge in [-0.25, -0.2) is 0 Å². The molecule has 2 heterocycles. The number of nitrogens with zero attached hydrogens (tertiary/aromatic N) is 2. The fraction of sp³-hybridized carbons (Fsp3) is 0. The molecule has 55 heavy (non-hydrogen) atoms. The van der Waals surface area contributed by atoms with E-state index >= 15 is 0 Å². The number of rotatable bonds is 6. The number of furan rings is 1. The summed E-state index contributed by atoms with van der Waals surface area (Å²) >= 11 is 0. The minimum atomic E-state index is 0.914. The van der Waals surface area contributed by atoms with Gasteiger partial charge in [0.25, 0.3) is 0 Å². The predicted octanol–water partition coefficient (Wildman–Crippen LogP) is 14.6. The standard InChI is InChI=1S/C52H34N2O/c1-3-14-36(15-4-1)41-18-7-10-21-45(41)54(48-24-13-23-47-52(48)42-19-8-11-22-46(42)53(47)39-16-5-2-6-17-39)40-31-28-35(29-32-40)38-27-26-37-30-33-50-51(44(37)34-38)43-20-9-12-25-49(43)55-50/h1-34H. The molecule has 2 aromatic heterocycles.